The van der Waals surface area contributed by atoms with Crippen LogP contribution in [0.5, 0.6) is 0 Å². The molecule has 0 rings (SSSR count). The Morgan fingerprint density at radius 3 is 2.00 bits per heavy atom. The molecule has 0 spiro atoms. The van der Waals surface area contributed by atoms with Crippen LogP contribution >= 0.6 is 0 Å². The highest BCUT2D eigenvalue weighted by Crippen LogP contribution is 2.04. The van der Waals surface area contributed by atoms with Gasteiger partial charge in [-0.25, -0.2) is 4.79 Å². The fraction of sp³-hybridized carbons (Fsp3) is 0.833. The second-order valence-corrected chi connectivity index (χ2v) is 2.33. The molecule has 0 aromatic carbocycles. The van der Waals surface area contributed by atoms with Gasteiger partial charge < -0.3 is 9.84 Å². The Morgan fingerprint density at radius 1 is 1.44 bits per heavy atom. The first kappa shape index (κ1) is 8.27. The molecule has 0 bridgehead atoms. The van der Waals surface area contributed by atoms with Gasteiger partial charge in [-0.1, -0.05) is 13.8 Å². The molecule has 3 nitrogen and oxygen atoms in total. The van der Waals surface area contributed by atoms with Gasteiger partial charge in [0.2, 0.25) is 0 Å². The maximum atomic E-state index is 9.89. The minimum atomic E-state index is -1.20. The Morgan fingerprint density at radius 2 is 1.89 bits per heavy atom. The van der Waals surface area contributed by atoms with Gasteiger partial charge >= 0.3 is 6.16 Å². The summed E-state index contributed by atoms with van der Waals surface area (Å²) in [6.45, 7) is 5.56. The number of carbonyl (C=O) groups is 1. The van der Waals surface area contributed by atoms with Crippen molar-refractivity contribution in [1.82, 2.24) is 0 Å². The van der Waals surface area contributed by atoms with E-state index in [4.69, 9.17) is 5.11 Å². The molecule has 0 heterocycles. The smallest absolute Gasteiger partial charge is 0.450 e. The summed E-state index contributed by atoms with van der Waals surface area (Å²) in [6, 6.07) is 0. The Kier molecular flexibility index (Phi) is 3.06. The topological polar surface area (TPSA) is 46.5 Å². The highest BCUT2D eigenvalue weighted by molar-refractivity contribution is 5.57. The van der Waals surface area contributed by atoms with Gasteiger partial charge in [0.1, 0.15) is 6.10 Å². The molecule has 1 N–H and O–H groups in total. The van der Waals surface area contributed by atoms with Gasteiger partial charge in [-0.15, -0.1) is 0 Å². The lowest BCUT2D eigenvalue weighted by Gasteiger charge is -2.12. The van der Waals surface area contributed by atoms with E-state index in [9.17, 15) is 4.79 Å². The summed E-state index contributed by atoms with van der Waals surface area (Å²) in [5.41, 5.74) is 0. The van der Waals surface area contributed by atoms with E-state index in [0.29, 0.717) is 0 Å². The van der Waals surface area contributed by atoms with Crippen molar-refractivity contribution in [3.05, 3.63) is 0 Å². The molecule has 0 aliphatic rings. The first-order valence-electron chi connectivity index (χ1n) is 2.93. The molecular weight excluding hydrogens is 120 g/mol. The van der Waals surface area contributed by atoms with Crippen LogP contribution in [0.25, 0.3) is 0 Å². The lowest BCUT2D eigenvalue weighted by atomic mass is 10.1. The van der Waals surface area contributed by atoms with Crippen molar-refractivity contribution in [2.75, 3.05) is 0 Å². The van der Waals surface area contributed by atoms with Crippen molar-refractivity contribution < 1.29 is 14.6 Å². The summed E-state index contributed by atoms with van der Waals surface area (Å²) in [7, 11) is 0. The first-order valence-corrected chi connectivity index (χ1v) is 2.93. The maximum Gasteiger partial charge on any atom is 0.506 e. The molecule has 9 heavy (non-hydrogen) atoms. The summed E-state index contributed by atoms with van der Waals surface area (Å²) in [5.74, 6) is 0.251. The average molecular weight is 132 g/mol. The summed E-state index contributed by atoms with van der Waals surface area (Å²) in [5, 5.41) is 8.11. The van der Waals surface area contributed by atoms with Crippen LogP contribution in [0.4, 0.5) is 4.79 Å². The van der Waals surface area contributed by atoms with Gasteiger partial charge in [0.05, 0.1) is 0 Å². The molecule has 54 valence electrons. The molecule has 0 aliphatic carbocycles. The van der Waals surface area contributed by atoms with Gasteiger partial charge in [0.15, 0.2) is 0 Å². The highest BCUT2D eigenvalue weighted by Gasteiger charge is 2.10. The van der Waals surface area contributed by atoms with Crippen molar-refractivity contribution in [2.24, 2.45) is 5.92 Å². The molecule has 0 aromatic rings. The average Bonchev–Trinajstić information content (AvgIpc) is 1.63. The number of hydrogen-bond acceptors (Lipinski definition) is 2. The van der Waals surface area contributed by atoms with Crippen LogP contribution in [0, 0.1) is 5.92 Å². The van der Waals surface area contributed by atoms with Gasteiger partial charge in [-0.2, -0.15) is 0 Å². The van der Waals surface area contributed by atoms with Crippen molar-refractivity contribution in [2.45, 2.75) is 26.9 Å². The molecular formula is C6H12O3. The minimum absolute atomic E-state index is 0.206. The zero-order chi connectivity index (χ0) is 7.44. The van der Waals surface area contributed by atoms with Crippen LogP contribution in [-0.4, -0.2) is 17.4 Å². The fourth-order valence-corrected chi connectivity index (χ4v) is 0.295. The highest BCUT2D eigenvalue weighted by atomic mass is 16.7. The van der Waals surface area contributed by atoms with Gasteiger partial charge in [-0.05, 0) is 12.8 Å². The van der Waals surface area contributed by atoms with Crippen molar-refractivity contribution in [1.29, 1.82) is 0 Å². The Hall–Kier alpha value is -0.730. The van der Waals surface area contributed by atoms with Crippen LogP contribution in [-0.2, 0) is 4.74 Å². The van der Waals surface area contributed by atoms with Crippen LogP contribution in [0.3, 0.4) is 0 Å². The number of rotatable bonds is 2. The normalized spacial score (nSPS) is 13.3. The third kappa shape index (κ3) is 3.82. The van der Waals surface area contributed by atoms with E-state index in [0.717, 1.165) is 0 Å². The van der Waals surface area contributed by atoms with E-state index >= 15 is 0 Å². The second kappa shape index (κ2) is 3.33. The number of carboxylic acid groups (broad SMARTS) is 1. The zero-order valence-corrected chi connectivity index (χ0v) is 5.92. The molecule has 0 saturated carbocycles. The summed E-state index contributed by atoms with van der Waals surface area (Å²) in [6.07, 6.45) is -1.40. The fourth-order valence-electron chi connectivity index (χ4n) is 0.295. The van der Waals surface area contributed by atoms with Crippen LogP contribution in [0.1, 0.15) is 20.8 Å². The molecule has 1 atom stereocenters. The molecule has 0 aliphatic heterocycles. The Labute approximate surface area is 54.6 Å². The third-order valence-electron chi connectivity index (χ3n) is 1.23. The van der Waals surface area contributed by atoms with Crippen molar-refractivity contribution in [3.8, 4) is 0 Å². The Balaban J connectivity index is 3.50. The van der Waals surface area contributed by atoms with Gasteiger partial charge in [0, 0.05) is 0 Å². The van der Waals surface area contributed by atoms with E-state index in [1.165, 1.54) is 0 Å². The third-order valence-corrected chi connectivity index (χ3v) is 1.23. The van der Waals surface area contributed by atoms with Crippen molar-refractivity contribution >= 4 is 6.16 Å². The summed E-state index contributed by atoms with van der Waals surface area (Å²) < 4.78 is 4.43. The standard InChI is InChI=1S/C6H12O3/c1-4(2)5(3)9-6(7)8/h4-5H,1-3H3,(H,7,8). The monoisotopic (exact) mass is 132 g/mol. The number of ether oxygens (including phenoxy) is 1. The predicted octanol–water partition coefficient (Wildman–Crippen LogP) is 1.73. The maximum absolute atomic E-state index is 9.89. The van der Waals surface area contributed by atoms with E-state index in [-0.39, 0.29) is 12.0 Å². The molecule has 0 saturated heterocycles. The van der Waals surface area contributed by atoms with Crippen LogP contribution in [0.15, 0.2) is 0 Å². The molecule has 0 radical (unpaired) electrons. The van der Waals surface area contributed by atoms with Gasteiger partial charge in [0.25, 0.3) is 0 Å². The van der Waals surface area contributed by atoms with Crippen molar-refractivity contribution in [3.63, 3.8) is 0 Å². The van der Waals surface area contributed by atoms with E-state index in [1.807, 2.05) is 13.8 Å². The summed E-state index contributed by atoms with van der Waals surface area (Å²) in [4.78, 5) is 9.89. The second-order valence-electron chi connectivity index (χ2n) is 2.33. The molecule has 1 unspecified atom stereocenters. The lowest BCUT2D eigenvalue weighted by molar-refractivity contribution is 0.0405. The molecule has 0 aromatic heterocycles. The largest absolute Gasteiger partial charge is 0.506 e. The predicted molar refractivity (Wildman–Crippen MR) is 33.4 cm³/mol. The molecule has 3 heteroatoms. The van der Waals surface area contributed by atoms with Crippen LogP contribution in [0.2, 0.25) is 0 Å². The SMILES string of the molecule is CC(C)C(C)OC(=O)O. The Bertz CT molecular complexity index is 98.5. The van der Waals surface area contributed by atoms with E-state index in [1.54, 1.807) is 6.92 Å². The quantitative estimate of drug-likeness (QED) is 0.582. The zero-order valence-electron chi connectivity index (χ0n) is 5.92. The molecule has 0 amide bonds. The van der Waals surface area contributed by atoms with E-state index < -0.39 is 6.16 Å². The van der Waals surface area contributed by atoms with Crippen LogP contribution < -0.4 is 0 Å². The number of hydrogen-bond donors (Lipinski definition) is 1. The first-order chi connectivity index (χ1) is 4.04. The minimum Gasteiger partial charge on any atom is -0.450 e. The van der Waals surface area contributed by atoms with E-state index in [2.05, 4.69) is 4.74 Å². The summed E-state index contributed by atoms with van der Waals surface area (Å²) >= 11 is 0. The lowest BCUT2D eigenvalue weighted by Crippen LogP contribution is -2.18. The molecule has 0 fully saturated rings. The van der Waals surface area contributed by atoms with Gasteiger partial charge in [-0.3, -0.25) is 0 Å².